The fourth-order valence-corrected chi connectivity index (χ4v) is 4.79. The standard InChI is InChI=1S/C33H37F3/c1-7-9-26-16-24(18-32(35)23(26)6)11-12-25-17-30(21(3)4)29(33(36)19-25)14-13-28-20-31(34)22(5)15-27(28)10-8-2/h7,9,15-20H,3,8,10-14H2,1-2,4-6H3/b9-7+. The molecule has 3 heteroatoms. The zero-order valence-electron chi connectivity index (χ0n) is 22.2. The number of hydrogen-bond acceptors (Lipinski definition) is 0. The number of hydrogen-bond donors (Lipinski definition) is 0. The third-order valence-corrected chi connectivity index (χ3v) is 6.85. The van der Waals surface area contributed by atoms with E-state index < -0.39 is 0 Å². The summed E-state index contributed by atoms with van der Waals surface area (Å²) in [5, 5.41) is 0. The molecule has 0 aliphatic carbocycles. The fraction of sp³-hybridized carbons (Fsp3) is 0.333. The van der Waals surface area contributed by atoms with Crippen molar-refractivity contribution in [1.82, 2.24) is 0 Å². The van der Waals surface area contributed by atoms with Crippen LogP contribution in [0.2, 0.25) is 0 Å². The summed E-state index contributed by atoms with van der Waals surface area (Å²) >= 11 is 0. The predicted molar refractivity (Wildman–Crippen MR) is 147 cm³/mol. The first-order valence-electron chi connectivity index (χ1n) is 12.8. The molecule has 0 heterocycles. The van der Waals surface area contributed by atoms with Gasteiger partial charge in [0.2, 0.25) is 0 Å². The quantitative estimate of drug-likeness (QED) is 0.266. The van der Waals surface area contributed by atoms with Gasteiger partial charge in [-0.15, -0.1) is 0 Å². The Kier molecular flexibility index (Phi) is 9.37. The second-order valence-corrected chi connectivity index (χ2v) is 9.80. The lowest BCUT2D eigenvalue weighted by atomic mass is 9.90. The van der Waals surface area contributed by atoms with Gasteiger partial charge in [-0.1, -0.05) is 55.8 Å². The van der Waals surface area contributed by atoms with Gasteiger partial charge in [0.25, 0.3) is 0 Å². The van der Waals surface area contributed by atoms with Gasteiger partial charge in [-0.05, 0) is 128 Å². The molecule has 0 bridgehead atoms. The van der Waals surface area contributed by atoms with E-state index in [-0.39, 0.29) is 17.5 Å². The molecule has 0 aliphatic heterocycles. The van der Waals surface area contributed by atoms with Crippen molar-refractivity contribution in [3.05, 3.63) is 117 Å². The van der Waals surface area contributed by atoms with Gasteiger partial charge in [0.1, 0.15) is 17.5 Å². The smallest absolute Gasteiger partial charge is 0.127 e. The zero-order valence-corrected chi connectivity index (χ0v) is 22.2. The number of aryl methyl sites for hydroxylation is 5. The van der Waals surface area contributed by atoms with Crippen LogP contribution in [0.5, 0.6) is 0 Å². The van der Waals surface area contributed by atoms with Crippen molar-refractivity contribution in [2.24, 2.45) is 0 Å². The molecule has 0 saturated heterocycles. The summed E-state index contributed by atoms with van der Waals surface area (Å²) in [4.78, 5) is 0. The van der Waals surface area contributed by atoms with Crippen LogP contribution in [0.1, 0.15) is 77.3 Å². The highest BCUT2D eigenvalue weighted by atomic mass is 19.1. The lowest BCUT2D eigenvalue weighted by Gasteiger charge is -2.16. The largest absolute Gasteiger partial charge is 0.207 e. The van der Waals surface area contributed by atoms with Crippen molar-refractivity contribution in [3.63, 3.8) is 0 Å². The lowest BCUT2D eigenvalue weighted by molar-refractivity contribution is 0.602. The van der Waals surface area contributed by atoms with Crippen LogP contribution >= 0.6 is 0 Å². The van der Waals surface area contributed by atoms with Crippen molar-refractivity contribution in [1.29, 1.82) is 0 Å². The molecule has 0 nitrogen and oxygen atoms in total. The maximum Gasteiger partial charge on any atom is 0.127 e. The molecule has 0 spiro atoms. The number of rotatable bonds is 10. The average Bonchev–Trinajstić information content (AvgIpc) is 2.82. The van der Waals surface area contributed by atoms with E-state index in [2.05, 4.69) is 13.5 Å². The number of allylic oxidation sites excluding steroid dienone is 2. The van der Waals surface area contributed by atoms with Gasteiger partial charge in [0.05, 0.1) is 0 Å². The second-order valence-electron chi connectivity index (χ2n) is 9.80. The molecule has 0 aromatic heterocycles. The minimum absolute atomic E-state index is 0.217. The Morgan fingerprint density at radius 3 is 2.06 bits per heavy atom. The zero-order chi connectivity index (χ0) is 26.4. The fourth-order valence-electron chi connectivity index (χ4n) is 4.79. The maximum absolute atomic E-state index is 15.4. The normalized spacial score (nSPS) is 11.4. The highest BCUT2D eigenvalue weighted by Crippen LogP contribution is 2.27. The first-order valence-corrected chi connectivity index (χ1v) is 12.8. The molecule has 0 atom stereocenters. The molecular weight excluding hydrogens is 453 g/mol. The highest BCUT2D eigenvalue weighted by Gasteiger charge is 2.15. The lowest BCUT2D eigenvalue weighted by Crippen LogP contribution is -2.05. The Hall–Kier alpha value is -3.07. The third-order valence-electron chi connectivity index (χ3n) is 6.85. The van der Waals surface area contributed by atoms with Gasteiger partial charge in [-0.2, -0.15) is 0 Å². The van der Waals surface area contributed by atoms with Gasteiger partial charge in [-0.25, -0.2) is 13.2 Å². The summed E-state index contributed by atoms with van der Waals surface area (Å²) in [6.45, 7) is 13.5. The summed E-state index contributed by atoms with van der Waals surface area (Å²) in [6, 6.07) is 10.7. The summed E-state index contributed by atoms with van der Waals surface area (Å²) in [7, 11) is 0. The van der Waals surface area contributed by atoms with Gasteiger partial charge in [0, 0.05) is 0 Å². The van der Waals surface area contributed by atoms with E-state index >= 15 is 4.39 Å². The first kappa shape index (κ1) is 27.5. The molecule has 3 rings (SSSR count). The third kappa shape index (κ3) is 6.57. The van der Waals surface area contributed by atoms with Crippen molar-refractivity contribution in [3.8, 4) is 0 Å². The molecular formula is C33H37F3. The monoisotopic (exact) mass is 490 g/mol. The van der Waals surface area contributed by atoms with Crippen LogP contribution in [0, 0.1) is 31.3 Å². The van der Waals surface area contributed by atoms with Crippen molar-refractivity contribution in [2.75, 3.05) is 0 Å². The second kappa shape index (κ2) is 12.3. The number of benzene rings is 3. The minimum atomic E-state index is -0.264. The van der Waals surface area contributed by atoms with E-state index in [9.17, 15) is 8.78 Å². The molecule has 0 saturated carbocycles. The molecule has 3 aromatic carbocycles. The predicted octanol–water partition coefficient (Wildman–Crippen LogP) is 9.31. The van der Waals surface area contributed by atoms with Crippen LogP contribution < -0.4 is 0 Å². The molecule has 0 aliphatic rings. The molecule has 0 unspecified atom stereocenters. The van der Waals surface area contributed by atoms with E-state index in [0.29, 0.717) is 42.4 Å². The Labute approximate surface area is 214 Å². The summed E-state index contributed by atoms with van der Waals surface area (Å²) < 4.78 is 44.1. The Morgan fingerprint density at radius 1 is 0.778 bits per heavy atom. The van der Waals surface area contributed by atoms with E-state index in [1.165, 1.54) is 0 Å². The SMILES string of the molecule is C=C(C)c1cc(CCc2cc(F)c(C)c(/C=C/C)c2)cc(F)c1CCc1cc(F)c(C)cc1CCC. The molecule has 0 fully saturated rings. The van der Waals surface area contributed by atoms with Crippen molar-refractivity contribution in [2.45, 2.75) is 73.1 Å². The average molecular weight is 491 g/mol. The van der Waals surface area contributed by atoms with Crippen molar-refractivity contribution < 1.29 is 13.2 Å². The molecule has 36 heavy (non-hydrogen) atoms. The molecule has 0 N–H and O–H groups in total. The molecule has 3 aromatic rings. The Morgan fingerprint density at radius 2 is 1.42 bits per heavy atom. The summed E-state index contributed by atoms with van der Waals surface area (Å²) in [5.74, 6) is -0.703. The van der Waals surface area contributed by atoms with Crippen molar-refractivity contribution >= 4 is 11.6 Å². The van der Waals surface area contributed by atoms with Crippen LogP contribution in [0.3, 0.4) is 0 Å². The van der Waals surface area contributed by atoms with Crippen LogP contribution in [-0.2, 0) is 32.1 Å². The topological polar surface area (TPSA) is 0 Å². The van der Waals surface area contributed by atoms with Gasteiger partial charge in [-0.3, -0.25) is 0 Å². The van der Waals surface area contributed by atoms with Gasteiger partial charge >= 0.3 is 0 Å². The molecule has 0 amide bonds. The Bertz CT molecular complexity index is 1280. The van der Waals surface area contributed by atoms with Crippen LogP contribution in [0.15, 0.2) is 49.1 Å². The number of halogens is 3. The van der Waals surface area contributed by atoms with Gasteiger partial charge in [0.15, 0.2) is 0 Å². The first-order chi connectivity index (χ1) is 17.1. The maximum atomic E-state index is 15.4. The van der Waals surface area contributed by atoms with E-state index in [4.69, 9.17) is 0 Å². The minimum Gasteiger partial charge on any atom is -0.207 e. The Balaban J connectivity index is 1.84. The summed E-state index contributed by atoms with van der Waals surface area (Å²) in [6.07, 6.45) is 7.90. The highest BCUT2D eigenvalue weighted by molar-refractivity contribution is 5.66. The van der Waals surface area contributed by atoms with E-state index in [1.54, 1.807) is 32.0 Å². The van der Waals surface area contributed by atoms with Gasteiger partial charge < -0.3 is 0 Å². The molecule has 190 valence electrons. The van der Waals surface area contributed by atoms with Crippen LogP contribution in [0.25, 0.3) is 11.6 Å². The molecule has 0 radical (unpaired) electrons. The van der Waals surface area contributed by atoms with Crippen LogP contribution in [-0.4, -0.2) is 0 Å². The van der Waals surface area contributed by atoms with E-state index in [1.807, 2.05) is 44.2 Å². The van der Waals surface area contributed by atoms with Crippen LogP contribution in [0.4, 0.5) is 13.2 Å². The van der Waals surface area contributed by atoms with E-state index in [0.717, 1.165) is 51.8 Å². The summed E-state index contributed by atoms with van der Waals surface area (Å²) in [5.41, 5.74) is 8.18.